The molecule has 114 valence electrons. The van der Waals surface area contributed by atoms with Crippen LogP contribution in [0.2, 0.25) is 0 Å². The molecule has 0 aliphatic heterocycles. The van der Waals surface area contributed by atoms with Crippen molar-refractivity contribution < 1.29 is 4.79 Å². The Morgan fingerprint density at radius 2 is 1.96 bits per heavy atom. The molecule has 3 aromatic heterocycles. The van der Waals surface area contributed by atoms with Gasteiger partial charge in [-0.3, -0.25) is 19.6 Å². The standard InChI is InChI=1S/C16H13N5O2/c22-15(19-10-11-2-1-5-18-9-11)13-8-14(20-21-16(13)23)12-3-6-17-7-4-12/h1-9H,10H2,(H,19,22)(H,21,23). The summed E-state index contributed by atoms with van der Waals surface area (Å²) in [6.45, 7) is 0.291. The summed E-state index contributed by atoms with van der Waals surface area (Å²) in [6, 6.07) is 8.58. The van der Waals surface area contributed by atoms with Gasteiger partial charge in [0, 0.05) is 36.9 Å². The van der Waals surface area contributed by atoms with Gasteiger partial charge >= 0.3 is 0 Å². The van der Waals surface area contributed by atoms with Gasteiger partial charge in [0.05, 0.1) is 5.69 Å². The van der Waals surface area contributed by atoms with E-state index in [1.165, 1.54) is 6.07 Å². The number of aromatic nitrogens is 4. The predicted octanol–water partition coefficient (Wildman–Crippen LogP) is 1.16. The van der Waals surface area contributed by atoms with Gasteiger partial charge in [0.1, 0.15) is 5.56 Å². The van der Waals surface area contributed by atoms with Crippen LogP contribution in [0.4, 0.5) is 0 Å². The highest BCUT2D eigenvalue weighted by molar-refractivity contribution is 5.94. The lowest BCUT2D eigenvalue weighted by Crippen LogP contribution is -2.29. The van der Waals surface area contributed by atoms with Crippen LogP contribution >= 0.6 is 0 Å². The molecule has 0 bridgehead atoms. The number of carbonyl (C=O) groups excluding carboxylic acids is 1. The van der Waals surface area contributed by atoms with Crippen LogP contribution in [0.1, 0.15) is 15.9 Å². The summed E-state index contributed by atoms with van der Waals surface area (Å²) in [5.74, 6) is -0.465. The van der Waals surface area contributed by atoms with Crippen molar-refractivity contribution in [3.8, 4) is 11.3 Å². The average molecular weight is 307 g/mol. The maximum atomic E-state index is 12.2. The van der Waals surface area contributed by atoms with Crippen molar-refractivity contribution in [2.45, 2.75) is 6.54 Å². The summed E-state index contributed by atoms with van der Waals surface area (Å²) in [4.78, 5) is 32.0. The van der Waals surface area contributed by atoms with Crippen molar-refractivity contribution in [3.05, 3.63) is 76.6 Å². The van der Waals surface area contributed by atoms with E-state index in [-0.39, 0.29) is 5.56 Å². The van der Waals surface area contributed by atoms with Gasteiger partial charge in [0.2, 0.25) is 0 Å². The normalized spacial score (nSPS) is 10.3. The Hall–Kier alpha value is -3.35. The van der Waals surface area contributed by atoms with Crippen LogP contribution in [0.15, 0.2) is 59.9 Å². The molecular formula is C16H13N5O2. The van der Waals surface area contributed by atoms with Crippen LogP contribution in [0.5, 0.6) is 0 Å². The highest BCUT2D eigenvalue weighted by Crippen LogP contribution is 2.14. The highest BCUT2D eigenvalue weighted by atomic mass is 16.2. The number of pyridine rings is 2. The third-order valence-corrected chi connectivity index (χ3v) is 3.20. The van der Waals surface area contributed by atoms with Gasteiger partial charge in [-0.05, 0) is 29.8 Å². The first kappa shape index (κ1) is 14.6. The zero-order chi connectivity index (χ0) is 16.1. The lowest BCUT2D eigenvalue weighted by molar-refractivity contribution is 0.0949. The number of nitrogens with one attached hydrogen (secondary N) is 2. The Morgan fingerprint density at radius 3 is 2.70 bits per heavy atom. The molecule has 0 saturated carbocycles. The molecule has 0 aliphatic carbocycles. The second-order valence-electron chi connectivity index (χ2n) is 4.78. The monoisotopic (exact) mass is 307 g/mol. The first-order chi connectivity index (χ1) is 11.2. The summed E-state index contributed by atoms with van der Waals surface area (Å²) in [7, 11) is 0. The molecule has 1 amide bonds. The van der Waals surface area contributed by atoms with Gasteiger partial charge in [-0.1, -0.05) is 6.07 Å². The van der Waals surface area contributed by atoms with E-state index in [0.717, 1.165) is 11.1 Å². The largest absolute Gasteiger partial charge is 0.348 e. The molecule has 0 spiro atoms. The summed E-state index contributed by atoms with van der Waals surface area (Å²) in [6.07, 6.45) is 6.54. The Morgan fingerprint density at radius 1 is 1.13 bits per heavy atom. The number of hydrogen-bond acceptors (Lipinski definition) is 5. The lowest BCUT2D eigenvalue weighted by Gasteiger charge is -2.06. The zero-order valence-electron chi connectivity index (χ0n) is 12.1. The van der Waals surface area contributed by atoms with Crippen molar-refractivity contribution in [2.75, 3.05) is 0 Å². The van der Waals surface area contributed by atoms with E-state index in [1.807, 2.05) is 6.07 Å². The van der Waals surface area contributed by atoms with Crippen molar-refractivity contribution in [1.29, 1.82) is 0 Å². The molecule has 7 nitrogen and oxygen atoms in total. The van der Waals surface area contributed by atoms with E-state index in [0.29, 0.717) is 12.2 Å². The van der Waals surface area contributed by atoms with Gasteiger partial charge in [0.15, 0.2) is 0 Å². The van der Waals surface area contributed by atoms with Crippen molar-refractivity contribution in [3.63, 3.8) is 0 Å². The summed E-state index contributed by atoms with van der Waals surface area (Å²) < 4.78 is 0. The third kappa shape index (κ3) is 3.46. The molecule has 7 heteroatoms. The molecule has 3 rings (SSSR count). The Kier molecular flexibility index (Phi) is 4.19. The van der Waals surface area contributed by atoms with Crippen LogP contribution < -0.4 is 10.9 Å². The minimum absolute atomic E-state index is 0.00991. The predicted molar refractivity (Wildman–Crippen MR) is 83.5 cm³/mol. The molecule has 0 aromatic carbocycles. The number of hydrogen-bond donors (Lipinski definition) is 2. The fourth-order valence-corrected chi connectivity index (χ4v) is 2.03. The third-order valence-electron chi connectivity index (χ3n) is 3.20. The number of aromatic amines is 1. The highest BCUT2D eigenvalue weighted by Gasteiger charge is 2.13. The number of nitrogens with zero attached hydrogens (tertiary/aromatic N) is 3. The average Bonchev–Trinajstić information content (AvgIpc) is 2.62. The molecule has 2 N–H and O–H groups in total. The van der Waals surface area contributed by atoms with E-state index >= 15 is 0 Å². The molecule has 0 unspecified atom stereocenters. The number of H-pyrrole nitrogens is 1. The maximum Gasteiger partial charge on any atom is 0.277 e. The second-order valence-corrected chi connectivity index (χ2v) is 4.78. The fraction of sp³-hybridized carbons (Fsp3) is 0.0625. The van der Waals surface area contributed by atoms with Crippen LogP contribution in [0, 0.1) is 0 Å². The van der Waals surface area contributed by atoms with Crippen LogP contribution in [-0.2, 0) is 6.54 Å². The smallest absolute Gasteiger partial charge is 0.277 e. The Balaban J connectivity index is 1.81. The molecule has 3 aromatic rings. The second kappa shape index (κ2) is 6.61. The van der Waals surface area contributed by atoms with Gasteiger partial charge in [-0.15, -0.1) is 0 Å². The summed E-state index contributed by atoms with van der Waals surface area (Å²) in [5.41, 5.74) is 1.58. The molecule has 0 atom stereocenters. The molecule has 0 radical (unpaired) electrons. The maximum absolute atomic E-state index is 12.2. The van der Waals surface area contributed by atoms with Crippen molar-refractivity contribution >= 4 is 5.91 Å². The molecule has 0 saturated heterocycles. The van der Waals surface area contributed by atoms with Crippen molar-refractivity contribution in [2.24, 2.45) is 0 Å². The quantitative estimate of drug-likeness (QED) is 0.753. The van der Waals surface area contributed by atoms with E-state index in [9.17, 15) is 9.59 Å². The Bertz CT molecular complexity index is 862. The summed E-state index contributed by atoms with van der Waals surface area (Å²) >= 11 is 0. The van der Waals surface area contributed by atoms with Gasteiger partial charge in [-0.2, -0.15) is 5.10 Å². The topological polar surface area (TPSA) is 101 Å². The van der Waals surface area contributed by atoms with Crippen LogP contribution in [0.25, 0.3) is 11.3 Å². The van der Waals surface area contributed by atoms with Gasteiger partial charge in [-0.25, -0.2) is 5.10 Å². The van der Waals surface area contributed by atoms with Crippen LogP contribution in [-0.4, -0.2) is 26.1 Å². The SMILES string of the molecule is O=C(NCc1cccnc1)c1cc(-c2ccncc2)n[nH]c1=O. The lowest BCUT2D eigenvalue weighted by atomic mass is 10.1. The minimum Gasteiger partial charge on any atom is -0.348 e. The molecular weight excluding hydrogens is 294 g/mol. The first-order valence-electron chi connectivity index (χ1n) is 6.91. The van der Waals surface area contributed by atoms with E-state index < -0.39 is 11.5 Å². The van der Waals surface area contributed by atoms with Crippen LogP contribution in [0.3, 0.4) is 0 Å². The first-order valence-corrected chi connectivity index (χ1v) is 6.91. The molecule has 0 fully saturated rings. The fourth-order valence-electron chi connectivity index (χ4n) is 2.03. The Labute approximate surface area is 131 Å². The molecule has 3 heterocycles. The van der Waals surface area contributed by atoms with Crippen molar-refractivity contribution in [1.82, 2.24) is 25.5 Å². The number of rotatable bonds is 4. The van der Waals surface area contributed by atoms with E-state index in [1.54, 1.807) is 43.0 Å². The molecule has 0 aliphatic rings. The number of carbonyl (C=O) groups is 1. The van der Waals surface area contributed by atoms with Gasteiger partial charge < -0.3 is 5.32 Å². The zero-order valence-corrected chi connectivity index (χ0v) is 12.1. The number of amides is 1. The summed E-state index contributed by atoms with van der Waals surface area (Å²) in [5, 5.41) is 9.00. The minimum atomic E-state index is -0.536. The van der Waals surface area contributed by atoms with Gasteiger partial charge in [0.25, 0.3) is 11.5 Å². The van der Waals surface area contributed by atoms with E-state index in [2.05, 4.69) is 25.5 Å². The molecule has 23 heavy (non-hydrogen) atoms. The van der Waals surface area contributed by atoms with E-state index in [4.69, 9.17) is 0 Å².